The molecule has 9 heteroatoms. The Kier molecular flexibility index (Phi) is 8.41. The van der Waals surface area contributed by atoms with Gasteiger partial charge in [-0.25, -0.2) is 8.42 Å². The zero-order valence-corrected chi connectivity index (χ0v) is 20.8. The van der Waals surface area contributed by atoms with Crippen LogP contribution >= 0.6 is 11.6 Å². The summed E-state index contributed by atoms with van der Waals surface area (Å²) in [4.78, 5) is 12.5. The van der Waals surface area contributed by atoms with Gasteiger partial charge in [-0.3, -0.25) is 9.52 Å². The maximum atomic E-state index is 12.7. The number of aryl methyl sites for hydroxylation is 2. The number of anilines is 2. The molecule has 3 aromatic carbocycles. The summed E-state index contributed by atoms with van der Waals surface area (Å²) in [6.07, 6.45) is 1.61. The van der Waals surface area contributed by atoms with Gasteiger partial charge in [0.2, 0.25) is 0 Å². The largest absolute Gasteiger partial charge is 0.495 e. The van der Waals surface area contributed by atoms with Crippen LogP contribution in [0.25, 0.3) is 0 Å². The summed E-state index contributed by atoms with van der Waals surface area (Å²) < 4.78 is 38.5. The second-order valence-corrected chi connectivity index (χ2v) is 9.51. The van der Waals surface area contributed by atoms with E-state index in [1.807, 2.05) is 32.0 Å². The number of para-hydroxylation sites is 1. The molecule has 1 amide bonds. The highest BCUT2D eigenvalue weighted by atomic mass is 35.5. The SMILES string of the molecule is CCc1cccc(CC)c1NC(=O)COc1ccc(S(=O)(=O)Nc2ccc(OC)c(Cl)c2)cc1. The van der Waals surface area contributed by atoms with Crippen LogP contribution in [0.1, 0.15) is 25.0 Å². The average molecular weight is 503 g/mol. The second-order valence-electron chi connectivity index (χ2n) is 7.42. The van der Waals surface area contributed by atoms with E-state index in [1.165, 1.54) is 37.4 Å². The van der Waals surface area contributed by atoms with Gasteiger partial charge >= 0.3 is 0 Å². The van der Waals surface area contributed by atoms with E-state index in [4.69, 9.17) is 21.1 Å². The number of carbonyl (C=O) groups excluding carboxylic acids is 1. The van der Waals surface area contributed by atoms with Crippen LogP contribution in [0.2, 0.25) is 5.02 Å². The zero-order chi connectivity index (χ0) is 24.7. The minimum absolute atomic E-state index is 0.0423. The van der Waals surface area contributed by atoms with E-state index in [0.29, 0.717) is 17.2 Å². The van der Waals surface area contributed by atoms with Crippen LogP contribution < -0.4 is 19.5 Å². The van der Waals surface area contributed by atoms with Crippen LogP contribution in [0.5, 0.6) is 11.5 Å². The number of rotatable bonds is 10. The number of ether oxygens (including phenoxy) is 2. The summed E-state index contributed by atoms with van der Waals surface area (Å²) in [5.41, 5.74) is 3.26. The van der Waals surface area contributed by atoms with Crippen molar-refractivity contribution in [2.45, 2.75) is 31.6 Å². The van der Waals surface area contributed by atoms with Gasteiger partial charge in [-0.2, -0.15) is 0 Å². The van der Waals surface area contributed by atoms with Gasteiger partial charge in [0.1, 0.15) is 11.5 Å². The Bertz CT molecular complexity index is 1240. The molecule has 0 bridgehead atoms. The lowest BCUT2D eigenvalue weighted by atomic mass is 10.0. The number of halogens is 1. The van der Waals surface area contributed by atoms with Gasteiger partial charge in [0, 0.05) is 5.69 Å². The Balaban J connectivity index is 1.62. The van der Waals surface area contributed by atoms with Crippen LogP contribution in [0.3, 0.4) is 0 Å². The molecule has 0 heterocycles. The molecule has 0 saturated heterocycles. The molecule has 3 aromatic rings. The third kappa shape index (κ3) is 6.21. The molecule has 0 fully saturated rings. The molecule has 0 saturated carbocycles. The standard InChI is InChI=1S/C25H27ClN2O5S/c1-4-17-7-6-8-18(5-2)25(17)27-24(29)16-33-20-10-12-21(13-11-20)34(30,31)28-19-9-14-23(32-3)22(26)15-19/h6-15,28H,4-5,16H2,1-3H3,(H,27,29). The van der Waals surface area contributed by atoms with E-state index in [9.17, 15) is 13.2 Å². The van der Waals surface area contributed by atoms with E-state index in [2.05, 4.69) is 10.0 Å². The molecule has 2 N–H and O–H groups in total. The molecular weight excluding hydrogens is 476 g/mol. The Labute approximate surface area is 205 Å². The summed E-state index contributed by atoms with van der Waals surface area (Å²) in [6, 6.07) is 16.4. The molecule has 3 rings (SSSR count). The number of sulfonamides is 1. The molecule has 0 spiro atoms. The first-order valence-electron chi connectivity index (χ1n) is 10.8. The van der Waals surface area contributed by atoms with E-state index < -0.39 is 10.0 Å². The first kappa shape index (κ1) is 25.4. The quantitative estimate of drug-likeness (QED) is 0.393. The van der Waals surface area contributed by atoms with Gasteiger partial charge in [-0.15, -0.1) is 0 Å². The van der Waals surface area contributed by atoms with Crippen molar-refractivity contribution in [3.8, 4) is 11.5 Å². The van der Waals surface area contributed by atoms with Crippen LogP contribution in [0.4, 0.5) is 11.4 Å². The van der Waals surface area contributed by atoms with Crippen LogP contribution in [0, 0.1) is 0 Å². The molecule has 0 aromatic heterocycles. The normalized spacial score (nSPS) is 11.1. The minimum Gasteiger partial charge on any atom is -0.495 e. The first-order valence-corrected chi connectivity index (χ1v) is 12.6. The van der Waals surface area contributed by atoms with Crippen LogP contribution in [-0.2, 0) is 27.7 Å². The van der Waals surface area contributed by atoms with Crippen molar-refractivity contribution in [2.24, 2.45) is 0 Å². The third-order valence-electron chi connectivity index (χ3n) is 5.17. The number of hydrogen-bond donors (Lipinski definition) is 2. The summed E-state index contributed by atoms with van der Waals surface area (Å²) in [5, 5.41) is 3.23. The molecule has 0 aliphatic carbocycles. The summed E-state index contributed by atoms with van der Waals surface area (Å²) in [6.45, 7) is 3.87. The highest BCUT2D eigenvalue weighted by Gasteiger charge is 2.16. The average Bonchev–Trinajstić information content (AvgIpc) is 2.83. The van der Waals surface area contributed by atoms with Crippen LogP contribution in [0.15, 0.2) is 65.6 Å². The Morgan fingerprint density at radius 1 is 0.971 bits per heavy atom. The predicted octanol–water partition coefficient (Wildman–Crippen LogP) is 5.29. The van der Waals surface area contributed by atoms with Crippen molar-refractivity contribution >= 4 is 38.9 Å². The van der Waals surface area contributed by atoms with Gasteiger partial charge < -0.3 is 14.8 Å². The molecule has 0 radical (unpaired) electrons. The van der Waals surface area contributed by atoms with Crippen molar-refractivity contribution in [2.75, 3.05) is 23.8 Å². The predicted molar refractivity (Wildman–Crippen MR) is 135 cm³/mol. The van der Waals surface area contributed by atoms with Gasteiger partial charge in [0.25, 0.3) is 15.9 Å². The first-order chi connectivity index (χ1) is 16.3. The van der Waals surface area contributed by atoms with E-state index in [0.717, 1.165) is 29.7 Å². The molecule has 0 aliphatic rings. The lowest BCUT2D eigenvalue weighted by Crippen LogP contribution is -2.21. The number of hydrogen-bond acceptors (Lipinski definition) is 5. The highest BCUT2D eigenvalue weighted by molar-refractivity contribution is 7.92. The van der Waals surface area contributed by atoms with Gasteiger partial charge in [-0.1, -0.05) is 43.6 Å². The van der Waals surface area contributed by atoms with Crippen LogP contribution in [-0.4, -0.2) is 28.0 Å². The number of methoxy groups -OCH3 is 1. The van der Waals surface area contributed by atoms with Gasteiger partial charge in [-0.05, 0) is 66.4 Å². The number of carbonyl (C=O) groups is 1. The maximum absolute atomic E-state index is 12.7. The summed E-state index contributed by atoms with van der Waals surface area (Å²) >= 11 is 6.06. The topological polar surface area (TPSA) is 93.7 Å². The van der Waals surface area contributed by atoms with E-state index >= 15 is 0 Å². The zero-order valence-electron chi connectivity index (χ0n) is 19.2. The molecule has 0 unspecified atom stereocenters. The second kappa shape index (κ2) is 11.3. The fraction of sp³-hybridized carbons (Fsp3) is 0.240. The fourth-order valence-electron chi connectivity index (χ4n) is 3.39. The van der Waals surface area contributed by atoms with E-state index in [1.54, 1.807) is 12.1 Å². The van der Waals surface area contributed by atoms with Crippen molar-refractivity contribution in [1.29, 1.82) is 0 Å². The molecular formula is C25H27ClN2O5S. The summed E-state index contributed by atoms with van der Waals surface area (Å²) in [7, 11) is -2.36. The van der Waals surface area contributed by atoms with Gasteiger partial charge in [0.15, 0.2) is 6.61 Å². The molecule has 180 valence electrons. The summed E-state index contributed by atoms with van der Waals surface area (Å²) in [5.74, 6) is 0.533. The lowest BCUT2D eigenvalue weighted by molar-refractivity contribution is -0.118. The maximum Gasteiger partial charge on any atom is 0.262 e. The highest BCUT2D eigenvalue weighted by Crippen LogP contribution is 2.29. The minimum atomic E-state index is -3.84. The molecule has 7 nitrogen and oxygen atoms in total. The fourth-order valence-corrected chi connectivity index (χ4v) is 4.69. The number of amides is 1. The number of nitrogens with one attached hydrogen (secondary N) is 2. The molecule has 0 atom stereocenters. The van der Waals surface area contributed by atoms with Crippen molar-refractivity contribution < 1.29 is 22.7 Å². The van der Waals surface area contributed by atoms with Crippen molar-refractivity contribution in [3.63, 3.8) is 0 Å². The Hall–Kier alpha value is -3.23. The Morgan fingerprint density at radius 3 is 2.18 bits per heavy atom. The smallest absolute Gasteiger partial charge is 0.262 e. The lowest BCUT2D eigenvalue weighted by Gasteiger charge is -2.15. The third-order valence-corrected chi connectivity index (χ3v) is 6.86. The monoisotopic (exact) mass is 502 g/mol. The van der Waals surface area contributed by atoms with E-state index in [-0.39, 0.29) is 22.4 Å². The van der Waals surface area contributed by atoms with Gasteiger partial charge in [0.05, 0.1) is 22.7 Å². The van der Waals surface area contributed by atoms with Crippen molar-refractivity contribution in [1.82, 2.24) is 0 Å². The molecule has 0 aliphatic heterocycles. The van der Waals surface area contributed by atoms with Crippen molar-refractivity contribution in [3.05, 3.63) is 76.8 Å². The number of benzene rings is 3. The Morgan fingerprint density at radius 2 is 1.62 bits per heavy atom. The molecule has 34 heavy (non-hydrogen) atoms.